The molecule has 0 unspecified atom stereocenters. The van der Waals surface area contributed by atoms with Crippen molar-refractivity contribution in [2.24, 2.45) is 0 Å². The smallest absolute Gasteiger partial charge is 0.293 e. The summed E-state index contributed by atoms with van der Waals surface area (Å²) >= 11 is 7.09. The highest BCUT2D eigenvalue weighted by Gasteiger charge is 2.35. The van der Waals surface area contributed by atoms with Crippen LogP contribution in [0.2, 0.25) is 5.02 Å². The number of carbonyl (C=O) groups excluding carboxylic acids is 2. The second-order valence-corrected chi connectivity index (χ2v) is 8.34. The van der Waals surface area contributed by atoms with Crippen molar-refractivity contribution in [2.75, 3.05) is 13.2 Å². The monoisotopic (exact) mass is 465 g/mol. The average molecular weight is 466 g/mol. The van der Waals surface area contributed by atoms with E-state index in [9.17, 15) is 9.59 Å². The van der Waals surface area contributed by atoms with E-state index in [1.165, 1.54) is 4.90 Å². The molecule has 32 heavy (non-hydrogen) atoms. The molecule has 0 radical (unpaired) electrons. The first-order chi connectivity index (χ1) is 15.6. The van der Waals surface area contributed by atoms with Gasteiger partial charge in [-0.05, 0) is 59.3 Å². The third-order valence-electron chi connectivity index (χ3n) is 4.70. The Labute approximate surface area is 195 Å². The Morgan fingerprint density at radius 3 is 2.12 bits per heavy atom. The first-order valence-corrected chi connectivity index (χ1v) is 11.2. The molecule has 1 fully saturated rings. The molecule has 162 valence electrons. The minimum absolute atomic E-state index is 0.152. The Kier molecular flexibility index (Phi) is 7.14. The second-order valence-electron chi connectivity index (χ2n) is 6.94. The molecule has 1 heterocycles. The summed E-state index contributed by atoms with van der Waals surface area (Å²) < 4.78 is 11.3. The molecule has 1 aliphatic rings. The van der Waals surface area contributed by atoms with E-state index in [1.54, 1.807) is 18.2 Å². The van der Waals surface area contributed by atoms with Gasteiger partial charge >= 0.3 is 0 Å². The normalized spacial score (nSPS) is 14.8. The third kappa shape index (κ3) is 5.52. The lowest BCUT2D eigenvalue weighted by Gasteiger charge is -2.13. The van der Waals surface area contributed by atoms with Crippen LogP contribution in [0.5, 0.6) is 11.5 Å². The van der Waals surface area contributed by atoms with Gasteiger partial charge in [-0.1, -0.05) is 60.1 Å². The SMILES string of the molecule is O=C1S/C(=C\c2ccc(OCCOc3ccccc3)cc2)C(=O)N1Cc1ccccc1Cl. The lowest BCUT2D eigenvalue weighted by Crippen LogP contribution is -2.27. The molecule has 2 amide bonds. The van der Waals surface area contributed by atoms with Crippen LogP contribution in [0.15, 0.2) is 83.8 Å². The van der Waals surface area contributed by atoms with Gasteiger partial charge in [0.1, 0.15) is 24.7 Å². The number of benzene rings is 3. The van der Waals surface area contributed by atoms with Crippen LogP contribution in [0.25, 0.3) is 6.08 Å². The summed E-state index contributed by atoms with van der Waals surface area (Å²) in [5, 5.41) is 0.222. The van der Waals surface area contributed by atoms with E-state index in [4.69, 9.17) is 21.1 Å². The molecule has 0 spiro atoms. The van der Waals surface area contributed by atoms with Crippen LogP contribution in [-0.2, 0) is 11.3 Å². The predicted octanol–water partition coefficient (Wildman–Crippen LogP) is 6.03. The van der Waals surface area contributed by atoms with Crippen molar-refractivity contribution in [2.45, 2.75) is 6.54 Å². The van der Waals surface area contributed by atoms with Crippen LogP contribution in [-0.4, -0.2) is 29.3 Å². The van der Waals surface area contributed by atoms with Crippen molar-refractivity contribution in [1.82, 2.24) is 4.90 Å². The molecule has 0 bridgehead atoms. The quantitative estimate of drug-likeness (QED) is 0.300. The lowest BCUT2D eigenvalue weighted by molar-refractivity contribution is -0.123. The van der Waals surface area contributed by atoms with E-state index in [1.807, 2.05) is 66.7 Å². The topological polar surface area (TPSA) is 55.8 Å². The highest BCUT2D eigenvalue weighted by molar-refractivity contribution is 8.18. The van der Waals surface area contributed by atoms with Crippen molar-refractivity contribution in [3.05, 3.63) is 99.9 Å². The van der Waals surface area contributed by atoms with Gasteiger partial charge in [0.15, 0.2) is 0 Å². The maximum absolute atomic E-state index is 12.7. The van der Waals surface area contributed by atoms with Gasteiger partial charge in [0, 0.05) is 5.02 Å². The zero-order valence-electron chi connectivity index (χ0n) is 17.1. The molecule has 3 aromatic carbocycles. The molecule has 4 rings (SSSR count). The summed E-state index contributed by atoms with van der Waals surface area (Å²) in [4.78, 5) is 26.7. The number of ether oxygens (including phenoxy) is 2. The molecule has 0 aliphatic carbocycles. The van der Waals surface area contributed by atoms with Crippen molar-refractivity contribution in [3.8, 4) is 11.5 Å². The number of amides is 2. The van der Waals surface area contributed by atoms with E-state index >= 15 is 0 Å². The van der Waals surface area contributed by atoms with Crippen LogP contribution in [0, 0.1) is 0 Å². The molecule has 1 aliphatic heterocycles. The number of thioether (sulfide) groups is 1. The average Bonchev–Trinajstić information content (AvgIpc) is 3.07. The molecule has 7 heteroatoms. The summed E-state index contributed by atoms with van der Waals surface area (Å²) in [7, 11) is 0. The Hall–Kier alpha value is -3.22. The number of para-hydroxylation sites is 1. The fraction of sp³-hybridized carbons (Fsp3) is 0.120. The fourth-order valence-corrected chi connectivity index (χ4v) is 4.11. The van der Waals surface area contributed by atoms with Gasteiger partial charge in [-0.15, -0.1) is 0 Å². The van der Waals surface area contributed by atoms with E-state index in [0.29, 0.717) is 28.9 Å². The van der Waals surface area contributed by atoms with Crippen molar-refractivity contribution in [3.63, 3.8) is 0 Å². The lowest BCUT2D eigenvalue weighted by atomic mass is 10.2. The highest BCUT2D eigenvalue weighted by Crippen LogP contribution is 2.34. The van der Waals surface area contributed by atoms with Gasteiger partial charge in [-0.3, -0.25) is 14.5 Å². The molecule has 0 N–H and O–H groups in total. The van der Waals surface area contributed by atoms with Gasteiger partial charge in [0.05, 0.1) is 11.4 Å². The maximum Gasteiger partial charge on any atom is 0.293 e. The first kappa shape index (κ1) is 22.0. The van der Waals surface area contributed by atoms with Crippen LogP contribution >= 0.6 is 23.4 Å². The molecular formula is C25H20ClNO4S. The number of nitrogens with zero attached hydrogens (tertiary/aromatic N) is 1. The predicted molar refractivity (Wildman–Crippen MR) is 127 cm³/mol. The number of halogens is 1. The van der Waals surface area contributed by atoms with Gasteiger partial charge in [-0.25, -0.2) is 0 Å². The van der Waals surface area contributed by atoms with Crippen LogP contribution < -0.4 is 9.47 Å². The number of rotatable bonds is 8. The van der Waals surface area contributed by atoms with E-state index < -0.39 is 0 Å². The summed E-state index contributed by atoms with van der Waals surface area (Å²) in [6.45, 7) is 0.999. The molecule has 0 aromatic heterocycles. The maximum atomic E-state index is 12.7. The zero-order chi connectivity index (χ0) is 22.3. The zero-order valence-corrected chi connectivity index (χ0v) is 18.6. The Bertz CT molecular complexity index is 1130. The Morgan fingerprint density at radius 2 is 1.44 bits per heavy atom. The van der Waals surface area contributed by atoms with E-state index in [2.05, 4.69) is 0 Å². The van der Waals surface area contributed by atoms with Crippen molar-refractivity contribution < 1.29 is 19.1 Å². The molecule has 0 atom stereocenters. The Morgan fingerprint density at radius 1 is 0.812 bits per heavy atom. The van der Waals surface area contributed by atoms with Crippen LogP contribution in [0.4, 0.5) is 4.79 Å². The molecule has 3 aromatic rings. The van der Waals surface area contributed by atoms with Crippen LogP contribution in [0.3, 0.4) is 0 Å². The molecule has 1 saturated heterocycles. The molecule has 5 nitrogen and oxygen atoms in total. The van der Waals surface area contributed by atoms with Gasteiger partial charge in [-0.2, -0.15) is 0 Å². The van der Waals surface area contributed by atoms with Crippen molar-refractivity contribution in [1.29, 1.82) is 0 Å². The van der Waals surface area contributed by atoms with Gasteiger partial charge < -0.3 is 9.47 Å². The number of imide groups is 1. The number of hydrogen-bond acceptors (Lipinski definition) is 5. The second kappa shape index (κ2) is 10.4. The van der Waals surface area contributed by atoms with Gasteiger partial charge in [0.25, 0.3) is 11.1 Å². The number of hydrogen-bond donors (Lipinski definition) is 0. The summed E-state index contributed by atoms with van der Waals surface area (Å²) in [6, 6.07) is 24.1. The minimum Gasteiger partial charge on any atom is -0.490 e. The summed E-state index contributed by atoms with van der Waals surface area (Å²) in [6.07, 6.45) is 1.71. The van der Waals surface area contributed by atoms with Crippen LogP contribution in [0.1, 0.15) is 11.1 Å². The van der Waals surface area contributed by atoms with Crippen molar-refractivity contribution >= 4 is 40.6 Å². The van der Waals surface area contributed by atoms with Gasteiger partial charge in [0.2, 0.25) is 0 Å². The third-order valence-corrected chi connectivity index (χ3v) is 5.98. The standard InChI is InChI=1S/C25H20ClNO4S/c26-22-9-5-4-6-19(22)17-27-24(28)23(32-25(27)29)16-18-10-12-21(13-11-18)31-15-14-30-20-7-2-1-3-8-20/h1-13,16H,14-15,17H2/b23-16-. The highest BCUT2D eigenvalue weighted by atomic mass is 35.5. The summed E-state index contributed by atoms with van der Waals surface area (Å²) in [5.41, 5.74) is 1.54. The summed E-state index contributed by atoms with van der Waals surface area (Å²) in [5.74, 6) is 1.18. The fourth-order valence-electron chi connectivity index (χ4n) is 3.08. The molecular weight excluding hydrogens is 446 g/mol. The Balaban J connectivity index is 1.33. The van der Waals surface area contributed by atoms with E-state index in [-0.39, 0.29) is 17.7 Å². The number of carbonyl (C=O) groups is 2. The molecule has 0 saturated carbocycles. The first-order valence-electron chi connectivity index (χ1n) is 9.99. The van der Waals surface area contributed by atoms with E-state index in [0.717, 1.165) is 28.6 Å². The largest absolute Gasteiger partial charge is 0.490 e. The minimum atomic E-state index is -0.321.